The lowest BCUT2D eigenvalue weighted by molar-refractivity contribution is -0.380. The number of nitrogens with one attached hydrogen (secondary N) is 1. The van der Waals surface area contributed by atoms with Crippen LogP contribution in [0.25, 0.3) is 0 Å². The van der Waals surface area contributed by atoms with E-state index in [9.17, 15) is 14.9 Å². The van der Waals surface area contributed by atoms with Gasteiger partial charge in [-0.15, -0.1) is 0 Å². The highest BCUT2D eigenvalue weighted by atomic mass is 32.1. The van der Waals surface area contributed by atoms with Crippen LogP contribution in [0.5, 0.6) is 0 Å². The number of carbonyl (C=O) groups excluding carboxylic acids is 1. The van der Waals surface area contributed by atoms with E-state index in [-0.39, 0.29) is 10.9 Å². The van der Waals surface area contributed by atoms with E-state index >= 15 is 0 Å². The number of nitro groups is 1. The maximum absolute atomic E-state index is 12.4. The number of amides is 1. The standard InChI is InChI=1S/C15H22N4O4S2/c1-2-23-11-3-6-16-15(24)18-9-7-17(8-10-18)14(20)12-4-5-13(25-12)19(21)22/h4-5H,2-3,6-11H2,1H3,(H,16,24). The maximum Gasteiger partial charge on any atom is 0.324 e. The number of carbonyl (C=O) groups is 1. The average Bonchev–Trinajstić information content (AvgIpc) is 3.11. The lowest BCUT2D eigenvalue weighted by atomic mass is 10.3. The van der Waals surface area contributed by atoms with E-state index in [1.165, 1.54) is 12.1 Å². The molecule has 0 saturated carbocycles. The molecule has 8 nitrogen and oxygen atoms in total. The summed E-state index contributed by atoms with van der Waals surface area (Å²) in [7, 11) is 0. The Morgan fingerprint density at radius 3 is 2.64 bits per heavy atom. The summed E-state index contributed by atoms with van der Waals surface area (Å²) in [5, 5.41) is 14.6. The molecule has 0 aliphatic carbocycles. The summed E-state index contributed by atoms with van der Waals surface area (Å²) in [6.07, 6.45) is 0.892. The van der Waals surface area contributed by atoms with E-state index in [2.05, 4.69) is 5.32 Å². The zero-order valence-electron chi connectivity index (χ0n) is 14.1. The minimum atomic E-state index is -0.477. The van der Waals surface area contributed by atoms with E-state index in [0.717, 1.165) is 24.3 Å². The molecule has 0 spiro atoms. The van der Waals surface area contributed by atoms with Crippen molar-refractivity contribution >= 4 is 39.6 Å². The minimum absolute atomic E-state index is 0.0144. The van der Waals surface area contributed by atoms with E-state index in [1.807, 2.05) is 11.8 Å². The van der Waals surface area contributed by atoms with Crippen LogP contribution in [0.4, 0.5) is 5.00 Å². The second-order valence-corrected chi connectivity index (χ2v) is 6.91. The molecule has 25 heavy (non-hydrogen) atoms. The van der Waals surface area contributed by atoms with Crippen molar-refractivity contribution in [2.45, 2.75) is 13.3 Å². The van der Waals surface area contributed by atoms with Gasteiger partial charge in [0.25, 0.3) is 5.91 Å². The van der Waals surface area contributed by atoms with Gasteiger partial charge in [0.15, 0.2) is 5.11 Å². The van der Waals surface area contributed by atoms with Gasteiger partial charge in [-0.25, -0.2) is 0 Å². The van der Waals surface area contributed by atoms with Crippen molar-refractivity contribution in [1.29, 1.82) is 0 Å². The molecule has 1 N–H and O–H groups in total. The molecule has 1 fully saturated rings. The van der Waals surface area contributed by atoms with E-state index in [4.69, 9.17) is 17.0 Å². The van der Waals surface area contributed by atoms with Crippen molar-refractivity contribution in [1.82, 2.24) is 15.1 Å². The molecule has 1 aromatic rings. The van der Waals surface area contributed by atoms with Gasteiger partial charge in [0.1, 0.15) is 0 Å². The highest BCUT2D eigenvalue weighted by Crippen LogP contribution is 2.25. The van der Waals surface area contributed by atoms with Crippen LogP contribution in [-0.2, 0) is 4.74 Å². The lowest BCUT2D eigenvalue weighted by Crippen LogP contribution is -2.53. The highest BCUT2D eigenvalue weighted by molar-refractivity contribution is 7.80. The van der Waals surface area contributed by atoms with E-state index < -0.39 is 4.92 Å². The Morgan fingerprint density at radius 1 is 1.36 bits per heavy atom. The van der Waals surface area contributed by atoms with Crippen molar-refractivity contribution < 1.29 is 14.5 Å². The van der Waals surface area contributed by atoms with Gasteiger partial charge in [-0.1, -0.05) is 11.3 Å². The molecule has 0 atom stereocenters. The van der Waals surface area contributed by atoms with Crippen LogP contribution in [0.15, 0.2) is 12.1 Å². The molecule has 0 radical (unpaired) electrons. The molecule has 0 aromatic carbocycles. The molecule has 0 unspecified atom stereocenters. The number of rotatable bonds is 7. The SMILES string of the molecule is CCOCCCNC(=S)N1CCN(C(=O)c2ccc([N+](=O)[O-])s2)CC1. The number of hydrogen-bond acceptors (Lipinski definition) is 6. The number of hydrogen-bond donors (Lipinski definition) is 1. The molecule has 1 saturated heterocycles. The summed E-state index contributed by atoms with van der Waals surface area (Å²) < 4.78 is 5.28. The van der Waals surface area contributed by atoms with Crippen LogP contribution in [0, 0.1) is 10.1 Å². The first-order chi connectivity index (χ1) is 12.0. The van der Waals surface area contributed by atoms with Crippen molar-refractivity contribution in [2.24, 2.45) is 0 Å². The predicted octanol–water partition coefficient (Wildman–Crippen LogP) is 1.72. The van der Waals surface area contributed by atoms with Gasteiger partial charge in [0, 0.05) is 52.0 Å². The molecule has 10 heteroatoms. The molecule has 2 heterocycles. The summed E-state index contributed by atoms with van der Waals surface area (Å²) in [6.45, 7) is 6.54. The summed E-state index contributed by atoms with van der Waals surface area (Å²) in [4.78, 5) is 26.8. The van der Waals surface area contributed by atoms with Crippen LogP contribution >= 0.6 is 23.6 Å². The first kappa shape index (κ1) is 19.5. The third-order valence-corrected chi connectivity index (χ3v) is 5.21. The van der Waals surface area contributed by atoms with Crippen molar-refractivity contribution in [2.75, 3.05) is 45.9 Å². The van der Waals surface area contributed by atoms with Gasteiger partial charge < -0.3 is 19.9 Å². The van der Waals surface area contributed by atoms with Crippen LogP contribution in [0.3, 0.4) is 0 Å². The zero-order valence-corrected chi connectivity index (χ0v) is 15.7. The maximum atomic E-state index is 12.4. The molecule has 0 bridgehead atoms. The monoisotopic (exact) mass is 386 g/mol. The van der Waals surface area contributed by atoms with Gasteiger partial charge in [0.2, 0.25) is 0 Å². The predicted molar refractivity (Wildman–Crippen MR) is 100 cm³/mol. The highest BCUT2D eigenvalue weighted by Gasteiger charge is 2.25. The summed E-state index contributed by atoms with van der Waals surface area (Å²) >= 11 is 6.29. The molecule has 1 aromatic heterocycles. The molecular formula is C15H22N4O4S2. The third-order valence-electron chi connectivity index (χ3n) is 3.78. The first-order valence-corrected chi connectivity index (χ1v) is 9.39. The molecule has 138 valence electrons. The normalized spacial score (nSPS) is 14.4. The Balaban J connectivity index is 1.75. The number of thiophene rings is 1. The van der Waals surface area contributed by atoms with Crippen molar-refractivity contribution in [3.63, 3.8) is 0 Å². The molecular weight excluding hydrogens is 364 g/mol. The molecule has 1 aliphatic rings. The average molecular weight is 386 g/mol. The fourth-order valence-electron chi connectivity index (χ4n) is 2.43. The third kappa shape index (κ3) is 5.62. The molecule has 1 aliphatic heterocycles. The topological polar surface area (TPSA) is 88.0 Å². The Hall–Kier alpha value is -1.78. The van der Waals surface area contributed by atoms with Gasteiger partial charge in [-0.3, -0.25) is 14.9 Å². The van der Waals surface area contributed by atoms with Gasteiger partial charge in [-0.2, -0.15) is 0 Å². The summed E-state index contributed by atoms with van der Waals surface area (Å²) in [5.74, 6) is -0.159. The Labute approximate surface area is 155 Å². The molecule has 1 amide bonds. The fraction of sp³-hybridized carbons (Fsp3) is 0.600. The van der Waals surface area contributed by atoms with E-state index in [0.29, 0.717) is 49.4 Å². The zero-order chi connectivity index (χ0) is 18.2. The minimum Gasteiger partial charge on any atom is -0.382 e. The van der Waals surface area contributed by atoms with Crippen LogP contribution in [0.2, 0.25) is 0 Å². The summed E-state index contributed by atoms with van der Waals surface area (Å²) in [5.41, 5.74) is 0. The Bertz CT molecular complexity index is 614. The number of ether oxygens (including phenoxy) is 1. The molecule has 2 rings (SSSR count). The fourth-order valence-corrected chi connectivity index (χ4v) is 3.51. The Kier molecular flexibility index (Phi) is 7.53. The smallest absolute Gasteiger partial charge is 0.324 e. The van der Waals surface area contributed by atoms with Crippen LogP contribution in [-0.4, -0.2) is 71.7 Å². The van der Waals surface area contributed by atoms with Gasteiger partial charge >= 0.3 is 5.00 Å². The van der Waals surface area contributed by atoms with Crippen LogP contribution in [0.1, 0.15) is 23.0 Å². The van der Waals surface area contributed by atoms with E-state index in [1.54, 1.807) is 4.90 Å². The number of piperazine rings is 1. The quantitative estimate of drug-likeness (QED) is 0.330. The number of thiocarbonyl (C=S) groups is 1. The van der Waals surface area contributed by atoms with Crippen LogP contribution < -0.4 is 5.32 Å². The lowest BCUT2D eigenvalue weighted by Gasteiger charge is -2.36. The van der Waals surface area contributed by atoms with Crippen molar-refractivity contribution in [3.05, 3.63) is 27.1 Å². The Morgan fingerprint density at radius 2 is 2.04 bits per heavy atom. The second kappa shape index (κ2) is 9.64. The summed E-state index contributed by atoms with van der Waals surface area (Å²) in [6, 6.07) is 2.89. The first-order valence-electron chi connectivity index (χ1n) is 8.17. The van der Waals surface area contributed by atoms with Gasteiger partial charge in [-0.05, 0) is 31.6 Å². The number of nitrogens with zero attached hydrogens (tertiary/aromatic N) is 3. The van der Waals surface area contributed by atoms with Crippen molar-refractivity contribution in [3.8, 4) is 0 Å². The van der Waals surface area contributed by atoms with Gasteiger partial charge in [0.05, 0.1) is 9.80 Å². The largest absolute Gasteiger partial charge is 0.382 e. The second-order valence-electron chi connectivity index (χ2n) is 5.46.